The first-order valence-electron chi connectivity index (χ1n) is 7.66. The first kappa shape index (κ1) is 13.3. The van der Waals surface area contributed by atoms with Gasteiger partial charge in [0.15, 0.2) is 0 Å². The molecule has 0 aromatic heterocycles. The van der Waals surface area contributed by atoms with Crippen LogP contribution in [0.1, 0.15) is 29.5 Å². The molecule has 2 N–H and O–H groups in total. The SMILES string of the molecule is COc1ccc(C2Nc3ccc(O)cc3C3C=CCC32)cc1. The molecule has 3 nitrogen and oxygen atoms in total. The minimum Gasteiger partial charge on any atom is -0.508 e. The number of aromatic hydroxyl groups is 1. The number of ether oxygens (including phenoxy) is 1. The van der Waals surface area contributed by atoms with Crippen molar-refractivity contribution in [1.29, 1.82) is 0 Å². The summed E-state index contributed by atoms with van der Waals surface area (Å²) in [7, 11) is 1.69. The zero-order valence-corrected chi connectivity index (χ0v) is 12.5. The molecule has 0 saturated carbocycles. The maximum absolute atomic E-state index is 9.78. The second-order valence-electron chi connectivity index (χ2n) is 6.02. The molecule has 2 aromatic carbocycles. The average Bonchev–Trinajstić information content (AvgIpc) is 3.04. The van der Waals surface area contributed by atoms with Gasteiger partial charge < -0.3 is 15.2 Å². The summed E-state index contributed by atoms with van der Waals surface area (Å²) in [5, 5.41) is 13.4. The Hall–Kier alpha value is -2.42. The zero-order chi connectivity index (χ0) is 15.1. The molecule has 3 atom stereocenters. The van der Waals surface area contributed by atoms with Gasteiger partial charge in [0.05, 0.1) is 13.2 Å². The highest BCUT2D eigenvalue weighted by molar-refractivity contribution is 5.61. The van der Waals surface area contributed by atoms with Gasteiger partial charge in [0.2, 0.25) is 0 Å². The lowest BCUT2D eigenvalue weighted by molar-refractivity contribution is 0.410. The number of fused-ring (bicyclic) bond motifs is 3. The van der Waals surface area contributed by atoms with E-state index in [4.69, 9.17) is 4.74 Å². The molecule has 4 rings (SSSR count). The number of methoxy groups -OCH3 is 1. The Morgan fingerprint density at radius 2 is 1.95 bits per heavy atom. The molecular formula is C19H19NO2. The van der Waals surface area contributed by atoms with E-state index in [-0.39, 0.29) is 6.04 Å². The highest BCUT2D eigenvalue weighted by atomic mass is 16.5. The van der Waals surface area contributed by atoms with Gasteiger partial charge in [-0.2, -0.15) is 0 Å². The summed E-state index contributed by atoms with van der Waals surface area (Å²) in [5.74, 6) is 2.08. The van der Waals surface area contributed by atoms with Crippen LogP contribution in [0.25, 0.3) is 0 Å². The summed E-state index contributed by atoms with van der Waals surface area (Å²) in [4.78, 5) is 0. The first-order valence-corrected chi connectivity index (χ1v) is 7.66. The lowest BCUT2D eigenvalue weighted by atomic mass is 9.77. The van der Waals surface area contributed by atoms with Gasteiger partial charge in [-0.1, -0.05) is 24.3 Å². The minimum absolute atomic E-state index is 0.281. The monoisotopic (exact) mass is 293 g/mol. The number of nitrogens with one attached hydrogen (secondary N) is 1. The van der Waals surface area contributed by atoms with Crippen LogP contribution in [0, 0.1) is 5.92 Å². The second-order valence-corrected chi connectivity index (χ2v) is 6.02. The van der Waals surface area contributed by atoms with Crippen molar-refractivity contribution in [2.75, 3.05) is 12.4 Å². The van der Waals surface area contributed by atoms with Crippen molar-refractivity contribution in [1.82, 2.24) is 0 Å². The molecule has 0 fully saturated rings. The van der Waals surface area contributed by atoms with Crippen molar-refractivity contribution in [3.63, 3.8) is 0 Å². The Morgan fingerprint density at radius 3 is 2.73 bits per heavy atom. The molecule has 0 spiro atoms. The molecule has 112 valence electrons. The molecule has 3 unspecified atom stereocenters. The van der Waals surface area contributed by atoms with Crippen LogP contribution in [0.4, 0.5) is 5.69 Å². The summed E-state index contributed by atoms with van der Waals surface area (Å²) < 4.78 is 5.25. The Morgan fingerprint density at radius 1 is 1.14 bits per heavy atom. The number of rotatable bonds is 2. The van der Waals surface area contributed by atoms with Crippen LogP contribution in [-0.4, -0.2) is 12.2 Å². The van der Waals surface area contributed by atoms with E-state index in [2.05, 4.69) is 29.6 Å². The molecule has 0 amide bonds. The predicted octanol–water partition coefficient (Wildman–Crippen LogP) is 4.23. The van der Waals surface area contributed by atoms with Crippen molar-refractivity contribution >= 4 is 5.69 Å². The van der Waals surface area contributed by atoms with Crippen molar-refractivity contribution in [3.05, 3.63) is 65.7 Å². The van der Waals surface area contributed by atoms with E-state index < -0.39 is 0 Å². The average molecular weight is 293 g/mol. The smallest absolute Gasteiger partial charge is 0.118 e. The fourth-order valence-electron chi connectivity index (χ4n) is 3.72. The summed E-state index contributed by atoms with van der Waals surface area (Å²) in [6.07, 6.45) is 5.59. The molecule has 22 heavy (non-hydrogen) atoms. The Bertz CT molecular complexity index is 721. The highest BCUT2D eigenvalue weighted by Gasteiger charge is 2.37. The third kappa shape index (κ3) is 2.05. The summed E-state index contributed by atoms with van der Waals surface area (Å²) in [6, 6.07) is 14.2. The normalized spacial score (nSPS) is 25.2. The maximum atomic E-state index is 9.78. The number of phenols is 1. The minimum atomic E-state index is 0.281. The zero-order valence-electron chi connectivity index (χ0n) is 12.5. The van der Waals surface area contributed by atoms with Crippen LogP contribution in [0.2, 0.25) is 0 Å². The van der Waals surface area contributed by atoms with Crippen molar-refractivity contribution in [3.8, 4) is 11.5 Å². The van der Waals surface area contributed by atoms with Gasteiger partial charge in [0.1, 0.15) is 11.5 Å². The number of benzene rings is 2. The lowest BCUT2D eigenvalue weighted by Gasteiger charge is -2.37. The number of hydrogen-bond donors (Lipinski definition) is 2. The first-order chi connectivity index (χ1) is 10.8. The van der Waals surface area contributed by atoms with Gasteiger partial charge in [-0.15, -0.1) is 0 Å². The van der Waals surface area contributed by atoms with Crippen molar-refractivity contribution in [2.45, 2.75) is 18.4 Å². The van der Waals surface area contributed by atoms with Gasteiger partial charge in [-0.25, -0.2) is 0 Å². The molecule has 1 heterocycles. The van der Waals surface area contributed by atoms with Crippen LogP contribution >= 0.6 is 0 Å². The Kier molecular flexibility index (Phi) is 3.07. The van der Waals surface area contributed by atoms with Crippen LogP contribution < -0.4 is 10.1 Å². The van der Waals surface area contributed by atoms with E-state index in [0.717, 1.165) is 17.9 Å². The van der Waals surface area contributed by atoms with E-state index in [1.165, 1.54) is 11.1 Å². The quantitative estimate of drug-likeness (QED) is 0.643. The molecule has 1 aliphatic carbocycles. The summed E-state index contributed by atoms with van der Waals surface area (Å²) in [5.41, 5.74) is 3.59. The maximum Gasteiger partial charge on any atom is 0.118 e. The van der Waals surface area contributed by atoms with Crippen LogP contribution in [0.15, 0.2) is 54.6 Å². The van der Waals surface area contributed by atoms with E-state index in [0.29, 0.717) is 17.6 Å². The number of phenolic OH excluding ortho intramolecular Hbond substituents is 1. The van der Waals surface area contributed by atoms with Crippen LogP contribution in [0.5, 0.6) is 11.5 Å². The molecular weight excluding hydrogens is 274 g/mol. The third-order valence-electron chi connectivity index (χ3n) is 4.82. The van der Waals surface area contributed by atoms with E-state index in [1.54, 1.807) is 13.2 Å². The standard InChI is InChI=1S/C19H19NO2/c1-22-14-8-5-12(6-9-14)19-16-4-2-3-15(16)17-11-13(21)7-10-18(17)20-19/h2-3,5-11,15-16,19-21H,4H2,1H3. The fraction of sp³-hybridized carbons (Fsp3) is 0.263. The van der Waals surface area contributed by atoms with Gasteiger partial charge in [0.25, 0.3) is 0 Å². The molecule has 0 bridgehead atoms. The molecule has 2 aromatic rings. The Balaban J connectivity index is 1.74. The van der Waals surface area contributed by atoms with Crippen molar-refractivity contribution in [2.24, 2.45) is 5.92 Å². The lowest BCUT2D eigenvalue weighted by Crippen LogP contribution is -2.28. The summed E-state index contributed by atoms with van der Waals surface area (Å²) in [6.45, 7) is 0. The number of anilines is 1. The molecule has 0 saturated heterocycles. The van der Waals surface area contributed by atoms with Gasteiger partial charge in [-0.3, -0.25) is 0 Å². The van der Waals surface area contributed by atoms with E-state index in [1.807, 2.05) is 24.3 Å². The van der Waals surface area contributed by atoms with E-state index in [9.17, 15) is 5.11 Å². The second kappa shape index (κ2) is 5.09. The van der Waals surface area contributed by atoms with Crippen LogP contribution in [-0.2, 0) is 0 Å². The molecule has 1 aliphatic heterocycles. The number of allylic oxidation sites excluding steroid dienone is 2. The van der Waals surface area contributed by atoms with Gasteiger partial charge in [0, 0.05) is 11.6 Å². The predicted molar refractivity (Wildman–Crippen MR) is 87.5 cm³/mol. The topological polar surface area (TPSA) is 41.5 Å². The molecule has 2 aliphatic rings. The summed E-state index contributed by atoms with van der Waals surface area (Å²) >= 11 is 0. The molecule has 3 heteroatoms. The van der Waals surface area contributed by atoms with Crippen LogP contribution in [0.3, 0.4) is 0 Å². The largest absolute Gasteiger partial charge is 0.508 e. The fourth-order valence-corrected chi connectivity index (χ4v) is 3.72. The van der Waals surface area contributed by atoms with Gasteiger partial charge in [-0.05, 0) is 53.8 Å². The van der Waals surface area contributed by atoms with Gasteiger partial charge >= 0.3 is 0 Å². The Labute approximate surface area is 130 Å². The highest BCUT2D eigenvalue weighted by Crippen LogP contribution is 2.50. The molecule has 0 radical (unpaired) electrons. The third-order valence-corrected chi connectivity index (χ3v) is 4.82. The number of hydrogen-bond acceptors (Lipinski definition) is 3. The van der Waals surface area contributed by atoms with E-state index >= 15 is 0 Å². The van der Waals surface area contributed by atoms with Crippen molar-refractivity contribution < 1.29 is 9.84 Å².